The second-order valence-corrected chi connectivity index (χ2v) is 7.17. The molecule has 1 amide bonds. The minimum atomic E-state index is -0.310. The van der Waals surface area contributed by atoms with E-state index in [1.54, 1.807) is 25.4 Å². The number of halogens is 1. The minimum absolute atomic E-state index is 0.112. The van der Waals surface area contributed by atoms with E-state index in [2.05, 4.69) is 10.3 Å². The van der Waals surface area contributed by atoms with E-state index in [9.17, 15) is 9.18 Å². The minimum Gasteiger partial charge on any atom is -0.493 e. The van der Waals surface area contributed by atoms with Gasteiger partial charge in [0.2, 0.25) is 5.91 Å². The Bertz CT molecular complexity index is 1000. The molecule has 164 valence electrons. The number of hydrogen-bond acceptors (Lipinski definition) is 5. The molecule has 2 aromatic carbocycles. The number of nitrogens with one attached hydrogen (secondary N) is 1. The monoisotopic (exact) mass is 426 g/mol. The number of carbonyl (C=O) groups is 1. The Hall–Kier alpha value is -3.35. The number of rotatable bonds is 10. The van der Waals surface area contributed by atoms with Gasteiger partial charge in [0.1, 0.15) is 5.82 Å². The Morgan fingerprint density at radius 3 is 2.68 bits per heavy atom. The van der Waals surface area contributed by atoms with Crippen molar-refractivity contribution >= 4 is 5.91 Å². The quantitative estimate of drug-likeness (QED) is 0.489. The third-order valence-corrected chi connectivity index (χ3v) is 4.78. The number of amides is 1. The van der Waals surface area contributed by atoms with E-state index in [0.717, 1.165) is 17.5 Å². The topological polar surface area (TPSA) is 73.6 Å². The first-order valence-corrected chi connectivity index (χ1v) is 10.3. The lowest BCUT2D eigenvalue weighted by atomic mass is 10.1. The summed E-state index contributed by atoms with van der Waals surface area (Å²) in [4.78, 5) is 16.6. The zero-order valence-corrected chi connectivity index (χ0v) is 18.0. The van der Waals surface area contributed by atoms with Crippen LogP contribution in [0.3, 0.4) is 0 Å². The SMILES string of the molecule is CCCOc1ccc(C(C)NC(=O)CCc2ncc(-c3ccc(F)cc3)o2)cc1OC. The van der Waals surface area contributed by atoms with Crippen molar-refractivity contribution in [2.75, 3.05) is 13.7 Å². The van der Waals surface area contributed by atoms with E-state index in [0.29, 0.717) is 36.2 Å². The fourth-order valence-electron chi connectivity index (χ4n) is 3.08. The second kappa shape index (κ2) is 10.6. The highest BCUT2D eigenvalue weighted by Crippen LogP contribution is 2.30. The van der Waals surface area contributed by atoms with Gasteiger partial charge in [-0.1, -0.05) is 13.0 Å². The first-order valence-electron chi connectivity index (χ1n) is 10.3. The molecule has 1 N–H and O–H groups in total. The summed E-state index contributed by atoms with van der Waals surface area (Å²) in [5.41, 5.74) is 1.65. The molecule has 31 heavy (non-hydrogen) atoms. The highest BCUT2D eigenvalue weighted by atomic mass is 19.1. The van der Waals surface area contributed by atoms with Crippen LogP contribution < -0.4 is 14.8 Å². The van der Waals surface area contributed by atoms with E-state index < -0.39 is 0 Å². The van der Waals surface area contributed by atoms with Crippen molar-refractivity contribution in [3.05, 3.63) is 65.9 Å². The van der Waals surface area contributed by atoms with Crippen molar-refractivity contribution in [3.8, 4) is 22.8 Å². The molecule has 3 rings (SSSR count). The normalized spacial score (nSPS) is 11.7. The summed E-state index contributed by atoms with van der Waals surface area (Å²) >= 11 is 0. The van der Waals surface area contributed by atoms with Gasteiger partial charge in [-0.15, -0.1) is 0 Å². The molecule has 0 bridgehead atoms. The van der Waals surface area contributed by atoms with Crippen LogP contribution in [-0.2, 0) is 11.2 Å². The molecule has 1 atom stereocenters. The number of methoxy groups -OCH3 is 1. The second-order valence-electron chi connectivity index (χ2n) is 7.17. The Morgan fingerprint density at radius 1 is 1.19 bits per heavy atom. The predicted molar refractivity (Wildman–Crippen MR) is 116 cm³/mol. The molecular weight excluding hydrogens is 399 g/mol. The van der Waals surface area contributed by atoms with Gasteiger partial charge in [0, 0.05) is 18.4 Å². The average molecular weight is 426 g/mol. The molecule has 1 unspecified atom stereocenters. The van der Waals surface area contributed by atoms with Crippen molar-refractivity contribution in [1.29, 1.82) is 0 Å². The number of ether oxygens (including phenoxy) is 2. The molecule has 1 aromatic heterocycles. The lowest BCUT2D eigenvalue weighted by molar-refractivity contribution is -0.121. The van der Waals surface area contributed by atoms with Crippen LogP contribution in [0.25, 0.3) is 11.3 Å². The lowest BCUT2D eigenvalue weighted by Gasteiger charge is -2.17. The van der Waals surface area contributed by atoms with Crippen molar-refractivity contribution < 1.29 is 23.1 Å². The molecule has 0 spiro atoms. The first kappa shape index (κ1) is 22.3. The Kier molecular flexibility index (Phi) is 7.65. The van der Waals surface area contributed by atoms with Crippen molar-refractivity contribution in [2.24, 2.45) is 0 Å². The lowest BCUT2D eigenvalue weighted by Crippen LogP contribution is -2.26. The molecule has 1 heterocycles. The molecule has 0 fully saturated rings. The highest BCUT2D eigenvalue weighted by molar-refractivity contribution is 5.76. The molecule has 7 heteroatoms. The van der Waals surface area contributed by atoms with E-state index in [1.807, 2.05) is 32.0 Å². The maximum absolute atomic E-state index is 13.1. The number of aromatic nitrogens is 1. The molecule has 0 saturated carbocycles. The number of carbonyl (C=O) groups excluding carboxylic acids is 1. The summed E-state index contributed by atoms with van der Waals surface area (Å²) in [5.74, 6) is 1.91. The summed E-state index contributed by atoms with van der Waals surface area (Å²) in [6.07, 6.45) is 3.10. The van der Waals surface area contributed by atoms with Crippen LogP contribution in [-0.4, -0.2) is 24.6 Å². The molecular formula is C24H27FN2O4. The summed E-state index contributed by atoms with van der Waals surface area (Å²) in [6, 6.07) is 11.4. The molecule has 0 aliphatic rings. The van der Waals surface area contributed by atoms with Crippen molar-refractivity contribution in [1.82, 2.24) is 10.3 Å². The van der Waals surface area contributed by atoms with Crippen molar-refractivity contribution in [3.63, 3.8) is 0 Å². The Morgan fingerprint density at radius 2 is 1.97 bits per heavy atom. The zero-order valence-electron chi connectivity index (χ0n) is 18.0. The third kappa shape index (κ3) is 6.07. The summed E-state index contributed by atoms with van der Waals surface area (Å²) in [7, 11) is 1.59. The van der Waals surface area contributed by atoms with Gasteiger partial charge in [0.15, 0.2) is 23.1 Å². The van der Waals surface area contributed by atoms with Crippen LogP contribution in [0.4, 0.5) is 4.39 Å². The van der Waals surface area contributed by atoms with E-state index in [-0.39, 0.29) is 24.2 Å². The van der Waals surface area contributed by atoms with Gasteiger partial charge in [0.25, 0.3) is 0 Å². The third-order valence-electron chi connectivity index (χ3n) is 4.78. The van der Waals surface area contributed by atoms with Gasteiger partial charge in [-0.05, 0) is 55.3 Å². The largest absolute Gasteiger partial charge is 0.493 e. The van der Waals surface area contributed by atoms with Gasteiger partial charge in [0.05, 0.1) is 26.0 Å². The number of oxazole rings is 1. The smallest absolute Gasteiger partial charge is 0.220 e. The summed E-state index contributed by atoms with van der Waals surface area (Å²) in [6.45, 7) is 4.57. The molecule has 0 aliphatic heterocycles. The van der Waals surface area contributed by atoms with Crippen LogP contribution in [0, 0.1) is 5.82 Å². The van der Waals surface area contributed by atoms with Crippen LogP contribution in [0.1, 0.15) is 44.2 Å². The van der Waals surface area contributed by atoms with Crippen molar-refractivity contribution in [2.45, 2.75) is 39.2 Å². The Balaban J connectivity index is 1.54. The molecule has 6 nitrogen and oxygen atoms in total. The van der Waals surface area contributed by atoms with Crippen LogP contribution >= 0.6 is 0 Å². The standard InChI is InChI=1S/C24H27FN2O4/c1-4-13-30-20-10-7-18(14-21(20)29-3)16(2)27-23(28)11-12-24-26-15-22(31-24)17-5-8-19(25)9-6-17/h5-10,14-16H,4,11-13H2,1-3H3,(H,27,28). The maximum Gasteiger partial charge on any atom is 0.220 e. The number of hydrogen-bond donors (Lipinski definition) is 1. The first-order chi connectivity index (χ1) is 15.0. The molecule has 3 aromatic rings. The fraction of sp³-hybridized carbons (Fsp3) is 0.333. The zero-order chi connectivity index (χ0) is 22.2. The number of aryl methyl sites for hydroxylation is 1. The average Bonchev–Trinajstić information content (AvgIpc) is 3.25. The number of nitrogens with zero attached hydrogens (tertiary/aromatic N) is 1. The van der Waals surface area contributed by atoms with E-state index in [1.165, 1.54) is 12.1 Å². The van der Waals surface area contributed by atoms with Gasteiger partial charge in [-0.2, -0.15) is 0 Å². The fourth-order valence-corrected chi connectivity index (χ4v) is 3.08. The highest BCUT2D eigenvalue weighted by Gasteiger charge is 2.14. The summed E-state index contributed by atoms with van der Waals surface area (Å²) < 4.78 is 29.8. The van der Waals surface area contributed by atoms with Crippen LogP contribution in [0.15, 0.2) is 53.1 Å². The predicted octanol–water partition coefficient (Wildman–Crippen LogP) is 5.09. The van der Waals surface area contributed by atoms with Gasteiger partial charge in [-0.3, -0.25) is 4.79 Å². The molecule has 0 radical (unpaired) electrons. The van der Waals surface area contributed by atoms with Gasteiger partial charge in [-0.25, -0.2) is 9.37 Å². The van der Waals surface area contributed by atoms with E-state index in [4.69, 9.17) is 13.9 Å². The number of benzene rings is 2. The molecule has 0 saturated heterocycles. The summed E-state index contributed by atoms with van der Waals surface area (Å²) in [5, 5.41) is 2.98. The van der Waals surface area contributed by atoms with E-state index >= 15 is 0 Å². The van der Waals surface area contributed by atoms with Gasteiger partial charge < -0.3 is 19.2 Å². The van der Waals surface area contributed by atoms with Crippen LogP contribution in [0.2, 0.25) is 0 Å². The maximum atomic E-state index is 13.1. The van der Waals surface area contributed by atoms with Gasteiger partial charge >= 0.3 is 0 Å². The molecule has 0 aliphatic carbocycles. The Labute approximate surface area is 181 Å². The van der Waals surface area contributed by atoms with Crippen LogP contribution in [0.5, 0.6) is 11.5 Å².